The van der Waals surface area contributed by atoms with Gasteiger partial charge in [-0.2, -0.15) is 11.8 Å². The van der Waals surface area contributed by atoms with Crippen molar-refractivity contribution in [2.24, 2.45) is 5.84 Å². The molecule has 0 amide bonds. The van der Waals surface area contributed by atoms with E-state index in [1.54, 1.807) is 0 Å². The second kappa shape index (κ2) is 7.34. The molecule has 0 fully saturated rings. The van der Waals surface area contributed by atoms with Crippen LogP contribution in [0.5, 0.6) is 0 Å². The second-order valence-corrected chi connectivity index (χ2v) is 5.07. The number of thioether (sulfide) groups is 1. The third kappa shape index (κ3) is 4.05. The van der Waals surface area contributed by atoms with Crippen LogP contribution >= 0.6 is 11.8 Å². The molecule has 0 bridgehead atoms. The summed E-state index contributed by atoms with van der Waals surface area (Å²) in [7, 11) is 0. The maximum absolute atomic E-state index is 5.43. The highest BCUT2D eigenvalue weighted by atomic mass is 32.2. The van der Waals surface area contributed by atoms with Crippen LogP contribution in [0, 0.1) is 0 Å². The normalized spacial score (nSPS) is 12.2. The molecule has 17 heavy (non-hydrogen) atoms. The van der Waals surface area contributed by atoms with Gasteiger partial charge >= 0.3 is 0 Å². The Labute approximate surface area is 107 Å². The summed E-state index contributed by atoms with van der Waals surface area (Å²) in [5.41, 5.74) is 3.64. The molecule has 1 rings (SSSR count). The Bertz CT molecular complexity index is 345. The number of rotatable bonds is 7. The van der Waals surface area contributed by atoms with Crippen LogP contribution in [0.3, 0.4) is 0 Å². The fourth-order valence-corrected chi connectivity index (χ4v) is 2.24. The molecular weight excluding hydrogens is 234 g/mol. The van der Waals surface area contributed by atoms with Crippen molar-refractivity contribution in [1.29, 1.82) is 0 Å². The predicted molar refractivity (Wildman–Crippen MR) is 75.3 cm³/mol. The molecule has 4 N–H and O–H groups in total. The van der Waals surface area contributed by atoms with Crippen molar-refractivity contribution in [3.63, 3.8) is 0 Å². The molecule has 0 spiro atoms. The average Bonchev–Trinajstić information content (AvgIpc) is 2.35. The minimum Gasteiger partial charge on any atom is -0.366 e. The fourth-order valence-electron chi connectivity index (χ4n) is 1.57. The summed E-state index contributed by atoms with van der Waals surface area (Å²) >= 11 is 1.91. The van der Waals surface area contributed by atoms with Gasteiger partial charge in [-0.05, 0) is 19.1 Å². The molecule has 0 saturated heterocycles. The lowest BCUT2D eigenvalue weighted by molar-refractivity contribution is 0.887. The Morgan fingerprint density at radius 2 is 2.06 bits per heavy atom. The number of hydrazine groups is 1. The summed E-state index contributed by atoms with van der Waals surface area (Å²) in [6.07, 6.45) is 2.37. The first-order valence-electron chi connectivity index (χ1n) is 5.87. The van der Waals surface area contributed by atoms with Crippen LogP contribution in [-0.2, 0) is 6.42 Å². The molecule has 1 atom stereocenters. The number of anilines is 2. The van der Waals surface area contributed by atoms with Crippen molar-refractivity contribution in [3.8, 4) is 0 Å². The van der Waals surface area contributed by atoms with Crippen LogP contribution in [0.25, 0.3) is 0 Å². The summed E-state index contributed by atoms with van der Waals surface area (Å²) in [6.45, 7) is 6.38. The van der Waals surface area contributed by atoms with Crippen LogP contribution in [0.15, 0.2) is 6.33 Å². The highest BCUT2D eigenvalue weighted by Crippen LogP contribution is 2.20. The van der Waals surface area contributed by atoms with Gasteiger partial charge in [0.1, 0.15) is 18.0 Å². The van der Waals surface area contributed by atoms with Crippen LogP contribution in [0.1, 0.15) is 26.3 Å². The van der Waals surface area contributed by atoms with E-state index in [2.05, 4.69) is 41.5 Å². The van der Waals surface area contributed by atoms with E-state index in [1.165, 1.54) is 6.33 Å². The summed E-state index contributed by atoms with van der Waals surface area (Å²) < 4.78 is 0. The van der Waals surface area contributed by atoms with Crippen molar-refractivity contribution >= 4 is 23.4 Å². The molecule has 0 aliphatic carbocycles. The van der Waals surface area contributed by atoms with E-state index in [9.17, 15) is 0 Å². The molecule has 96 valence electrons. The Morgan fingerprint density at radius 3 is 2.65 bits per heavy atom. The Kier molecular flexibility index (Phi) is 6.07. The van der Waals surface area contributed by atoms with Gasteiger partial charge in [0.2, 0.25) is 0 Å². The number of nitrogens with zero attached hydrogens (tertiary/aromatic N) is 2. The van der Waals surface area contributed by atoms with Gasteiger partial charge in [0.25, 0.3) is 0 Å². The zero-order valence-electron chi connectivity index (χ0n) is 10.7. The summed E-state index contributed by atoms with van der Waals surface area (Å²) in [4.78, 5) is 8.38. The van der Waals surface area contributed by atoms with Gasteiger partial charge in [-0.1, -0.05) is 13.8 Å². The van der Waals surface area contributed by atoms with Gasteiger partial charge in [-0.25, -0.2) is 15.8 Å². The maximum atomic E-state index is 5.43. The number of nitrogens with two attached hydrogens (primary N) is 1. The van der Waals surface area contributed by atoms with E-state index < -0.39 is 0 Å². The van der Waals surface area contributed by atoms with E-state index in [0.717, 1.165) is 29.3 Å². The molecular formula is C11H21N5S. The summed E-state index contributed by atoms with van der Waals surface area (Å²) in [5.74, 6) is 9.20. The van der Waals surface area contributed by atoms with Crippen LogP contribution in [0.4, 0.5) is 11.6 Å². The van der Waals surface area contributed by atoms with Crippen molar-refractivity contribution in [2.45, 2.75) is 33.2 Å². The smallest absolute Gasteiger partial charge is 0.148 e. The molecule has 1 aromatic heterocycles. The zero-order chi connectivity index (χ0) is 12.7. The van der Waals surface area contributed by atoms with Crippen molar-refractivity contribution in [3.05, 3.63) is 11.9 Å². The van der Waals surface area contributed by atoms with Crippen molar-refractivity contribution in [2.75, 3.05) is 22.2 Å². The third-order valence-corrected chi connectivity index (χ3v) is 3.53. The number of hydrogen-bond donors (Lipinski definition) is 3. The van der Waals surface area contributed by atoms with E-state index in [-0.39, 0.29) is 0 Å². The maximum Gasteiger partial charge on any atom is 0.148 e. The molecule has 0 saturated carbocycles. The van der Waals surface area contributed by atoms with Gasteiger partial charge in [0, 0.05) is 17.4 Å². The van der Waals surface area contributed by atoms with Crippen molar-refractivity contribution < 1.29 is 0 Å². The molecule has 1 unspecified atom stereocenters. The van der Waals surface area contributed by atoms with E-state index in [4.69, 9.17) is 5.84 Å². The number of aromatic nitrogens is 2. The van der Waals surface area contributed by atoms with E-state index >= 15 is 0 Å². The zero-order valence-corrected chi connectivity index (χ0v) is 11.5. The van der Waals surface area contributed by atoms with Gasteiger partial charge in [0.15, 0.2) is 0 Å². The third-order valence-electron chi connectivity index (χ3n) is 2.39. The van der Waals surface area contributed by atoms with Crippen LogP contribution in [0.2, 0.25) is 0 Å². The molecule has 6 heteroatoms. The van der Waals surface area contributed by atoms with Crippen LogP contribution < -0.4 is 16.6 Å². The number of nitrogen functional groups attached to an aromatic ring is 1. The molecule has 0 aromatic carbocycles. The summed E-state index contributed by atoms with van der Waals surface area (Å²) in [5, 5.41) is 3.40. The molecule has 0 aliphatic rings. The lowest BCUT2D eigenvalue weighted by atomic mass is 10.2. The summed E-state index contributed by atoms with van der Waals surface area (Å²) in [6, 6.07) is 0.380. The average molecular weight is 255 g/mol. The van der Waals surface area contributed by atoms with Gasteiger partial charge in [0.05, 0.1) is 0 Å². The second-order valence-electron chi connectivity index (χ2n) is 3.75. The SMILES string of the molecule is CCSCC(C)Nc1ncnc(NN)c1CC. The topological polar surface area (TPSA) is 75.9 Å². The first-order chi connectivity index (χ1) is 8.22. The Hall–Kier alpha value is -1.01. The molecule has 1 aromatic rings. The molecule has 0 radical (unpaired) electrons. The predicted octanol–water partition coefficient (Wildman–Crippen LogP) is 1.88. The minimum absolute atomic E-state index is 0.380. The lowest BCUT2D eigenvalue weighted by Gasteiger charge is -2.17. The highest BCUT2D eigenvalue weighted by molar-refractivity contribution is 7.99. The van der Waals surface area contributed by atoms with E-state index in [1.807, 2.05) is 11.8 Å². The van der Waals surface area contributed by atoms with Crippen LogP contribution in [-0.4, -0.2) is 27.5 Å². The Morgan fingerprint density at radius 1 is 1.35 bits per heavy atom. The standard InChI is InChI=1S/C11H21N5S/c1-4-9-10(13-7-14-11(9)16-12)15-8(3)6-17-5-2/h7-8H,4-6,12H2,1-3H3,(H2,13,14,15,16). The number of hydrogen-bond acceptors (Lipinski definition) is 6. The monoisotopic (exact) mass is 255 g/mol. The van der Waals surface area contributed by atoms with Gasteiger partial charge in [-0.3, -0.25) is 0 Å². The van der Waals surface area contributed by atoms with Crippen molar-refractivity contribution in [1.82, 2.24) is 9.97 Å². The molecule has 5 nitrogen and oxygen atoms in total. The Balaban J connectivity index is 2.75. The van der Waals surface area contributed by atoms with Gasteiger partial charge in [-0.15, -0.1) is 0 Å². The first-order valence-corrected chi connectivity index (χ1v) is 7.03. The highest BCUT2D eigenvalue weighted by Gasteiger charge is 2.10. The minimum atomic E-state index is 0.380. The largest absolute Gasteiger partial charge is 0.366 e. The molecule has 1 heterocycles. The van der Waals surface area contributed by atoms with Gasteiger partial charge < -0.3 is 10.7 Å². The number of nitrogens with one attached hydrogen (secondary N) is 2. The first kappa shape index (κ1) is 14.1. The fraction of sp³-hybridized carbons (Fsp3) is 0.636. The van der Waals surface area contributed by atoms with E-state index in [0.29, 0.717) is 11.9 Å². The molecule has 0 aliphatic heterocycles. The quantitative estimate of drug-likeness (QED) is 0.510. The lowest BCUT2D eigenvalue weighted by Crippen LogP contribution is -2.21.